The number of ether oxygens (including phenoxy) is 2. The number of hydrogen-bond donors (Lipinski definition) is 1. The van der Waals surface area contributed by atoms with Gasteiger partial charge in [0, 0.05) is 12.5 Å². The highest BCUT2D eigenvalue weighted by atomic mass is 35.5. The van der Waals surface area contributed by atoms with Gasteiger partial charge in [-0.1, -0.05) is 11.6 Å². The first-order valence-electron chi connectivity index (χ1n) is 6.58. The van der Waals surface area contributed by atoms with Crippen molar-refractivity contribution in [1.29, 1.82) is 0 Å². The molecular formula is C14H14ClNO4. The Morgan fingerprint density at radius 3 is 2.70 bits per heavy atom. The predicted molar refractivity (Wildman–Crippen MR) is 72.4 cm³/mol. The Kier molecular flexibility index (Phi) is 3.32. The molecule has 20 heavy (non-hydrogen) atoms. The molecule has 1 aliphatic carbocycles. The second-order valence-corrected chi connectivity index (χ2v) is 5.46. The topological polar surface area (TPSA) is 68.1 Å². The first-order valence-corrected chi connectivity index (χ1v) is 6.96. The fraction of sp³-hybridized carbons (Fsp3) is 0.500. The number of fused-ring (bicyclic) bond motifs is 1. The van der Waals surface area contributed by atoms with Crippen molar-refractivity contribution in [3.63, 3.8) is 0 Å². The quantitative estimate of drug-likeness (QED) is 0.673. The second kappa shape index (κ2) is 5.00. The number of isocyanates is 1. The fourth-order valence-electron chi connectivity index (χ4n) is 2.71. The zero-order chi connectivity index (χ0) is 14.2. The van der Waals surface area contributed by atoms with Crippen molar-refractivity contribution in [2.75, 3.05) is 13.2 Å². The van der Waals surface area contributed by atoms with Gasteiger partial charge >= 0.3 is 0 Å². The van der Waals surface area contributed by atoms with E-state index in [0.717, 1.165) is 12.8 Å². The molecule has 1 aliphatic heterocycles. The molecule has 3 rings (SSSR count). The van der Waals surface area contributed by atoms with Crippen LogP contribution in [0.5, 0.6) is 17.2 Å². The minimum atomic E-state index is -0.783. The van der Waals surface area contributed by atoms with Crippen LogP contribution in [0, 0.1) is 0 Å². The van der Waals surface area contributed by atoms with Gasteiger partial charge in [0.15, 0.2) is 11.5 Å². The SMILES string of the molecule is O=C=NC1(c2c(O)c(Cl)cc3c2OCCCO3)CCC1. The summed E-state index contributed by atoms with van der Waals surface area (Å²) in [6, 6.07) is 1.54. The molecule has 2 aliphatic rings. The lowest BCUT2D eigenvalue weighted by molar-refractivity contribution is 0.230. The van der Waals surface area contributed by atoms with Crippen LogP contribution in [0.3, 0.4) is 0 Å². The maximum Gasteiger partial charge on any atom is 0.235 e. The van der Waals surface area contributed by atoms with E-state index in [1.807, 2.05) is 0 Å². The summed E-state index contributed by atoms with van der Waals surface area (Å²) in [6.07, 6.45) is 4.59. The van der Waals surface area contributed by atoms with E-state index in [0.29, 0.717) is 43.1 Å². The van der Waals surface area contributed by atoms with Crippen LogP contribution in [-0.2, 0) is 10.3 Å². The largest absolute Gasteiger partial charge is 0.506 e. The third-order valence-corrected chi connectivity index (χ3v) is 4.16. The number of nitrogens with zero attached hydrogens (tertiary/aromatic N) is 1. The van der Waals surface area contributed by atoms with E-state index in [2.05, 4.69) is 4.99 Å². The molecule has 1 saturated carbocycles. The Morgan fingerprint density at radius 1 is 1.30 bits per heavy atom. The predicted octanol–water partition coefficient (Wildman–Crippen LogP) is 2.92. The van der Waals surface area contributed by atoms with Crippen LogP contribution in [0.1, 0.15) is 31.2 Å². The number of aromatic hydroxyl groups is 1. The molecule has 0 aromatic heterocycles. The number of carbonyl (C=O) groups excluding carboxylic acids is 1. The summed E-state index contributed by atoms with van der Waals surface area (Å²) < 4.78 is 11.3. The molecule has 0 atom stereocenters. The molecule has 6 heteroatoms. The van der Waals surface area contributed by atoms with Gasteiger partial charge in [-0.05, 0) is 19.3 Å². The molecule has 1 aromatic carbocycles. The van der Waals surface area contributed by atoms with Gasteiger partial charge in [0.2, 0.25) is 6.08 Å². The molecule has 1 N–H and O–H groups in total. The molecular weight excluding hydrogens is 282 g/mol. The Hall–Kier alpha value is -1.71. The van der Waals surface area contributed by atoms with Crippen LogP contribution in [0.2, 0.25) is 5.02 Å². The number of phenols is 1. The van der Waals surface area contributed by atoms with Crippen molar-refractivity contribution in [3.05, 3.63) is 16.7 Å². The van der Waals surface area contributed by atoms with Gasteiger partial charge in [0.1, 0.15) is 11.3 Å². The van der Waals surface area contributed by atoms with E-state index in [1.54, 1.807) is 6.08 Å². The van der Waals surface area contributed by atoms with Gasteiger partial charge in [-0.25, -0.2) is 4.79 Å². The van der Waals surface area contributed by atoms with Crippen LogP contribution < -0.4 is 9.47 Å². The number of phenolic OH excluding ortho intramolecular Hbond substituents is 1. The maximum absolute atomic E-state index is 10.7. The van der Waals surface area contributed by atoms with E-state index in [4.69, 9.17) is 21.1 Å². The summed E-state index contributed by atoms with van der Waals surface area (Å²) in [5.74, 6) is 0.852. The number of hydrogen-bond acceptors (Lipinski definition) is 5. The maximum atomic E-state index is 10.7. The van der Waals surface area contributed by atoms with E-state index in [9.17, 15) is 9.90 Å². The molecule has 1 fully saturated rings. The van der Waals surface area contributed by atoms with E-state index < -0.39 is 5.54 Å². The van der Waals surface area contributed by atoms with Crippen molar-refractivity contribution in [1.82, 2.24) is 0 Å². The van der Waals surface area contributed by atoms with E-state index in [-0.39, 0.29) is 10.8 Å². The highest BCUT2D eigenvalue weighted by Gasteiger charge is 2.45. The minimum Gasteiger partial charge on any atom is -0.506 e. The Bertz CT molecular complexity index is 591. The van der Waals surface area contributed by atoms with Gasteiger partial charge in [0.25, 0.3) is 0 Å². The molecule has 1 aromatic rings. The molecule has 0 spiro atoms. The summed E-state index contributed by atoms with van der Waals surface area (Å²) in [7, 11) is 0. The van der Waals surface area contributed by atoms with Crippen LogP contribution in [0.4, 0.5) is 0 Å². The van der Waals surface area contributed by atoms with Crippen LogP contribution >= 0.6 is 11.6 Å². The summed E-state index contributed by atoms with van der Waals surface area (Å²) in [4.78, 5) is 14.7. The Morgan fingerprint density at radius 2 is 2.05 bits per heavy atom. The second-order valence-electron chi connectivity index (χ2n) is 5.05. The first kappa shape index (κ1) is 13.3. The van der Waals surface area contributed by atoms with Crippen molar-refractivity contribution in [2.24, 2.45) is 4.99 Å². The number of halogens is 1. The highest BCUT2D eigenvalue weighted by molar-refractivity contribution is 6.32. The number of benzene rings is 1. The molecule has 0 radical (unpaired) electrons. The van der Waals surface area contributed by atoms with Crippen LogP contribution in [-0.4, -0.2) is 24.4 Å². The molecule has 106 valence electrons. The monoisotopic (exact) mass is 295 g/mol. The highest BCUT2D eigenvalue weighted by Crippen LogP contribution is 2.56. The average Bonchev–Trinajstić information content (AvgIpc) is 2.61. The van der Waals surface area contributed by atoms with Gasteiger partial charge < -0.3 is 14.6 Å². The number of aliphatic imine (C=N–C) groups is 1. The fourth-order valence-corrected chi connectivity index (χ4v) is 2.91. The number of rotatable bonds is 2. The Balaban J connectivity index is 2.23. The summed E-state index contributed by atoms with van der Waals surface area (Å²) >= 11 is 6.07. The molecule has 0 unspecified atom stereocenters. The van der Waals surface area contributed by atoms with Gasteiger partial charge in [-0.3, -0.25) is 0 Å². The zero-order valence-electron chi connectivity index (χ0n) is 10.8. The average molecular weight is 296 g/mol. The standard InChI is InChI=1S/C14H14ClNO4/c15-9-7-10-13(20-6-2-5-19-10)11(12(9)18)14(16-8-17)3-1-4-14/h7,18H,1-6H2. The minimum absolute atomic E-state index is 0.0883. The normalized spacial score (nSPS) is 19.4. The molecule has 0 bridgehead atoms. The smallest absolute Gasteiger partial charge is 0.235 e. The van der Waals surface area contributed by atoms with Gasteiger partial charge in [0.05, 0.1) is 23.8 Å². The third-order valence-electron chi connectivity index (χ3n) is 3.87. The van der Waals surface area contributed by atoms with Crippen LogP contribution in [0.15, 0.2) is 11.1 Å². The Labute approximate surface area is 121 Å². The molecule has 0 saturated heterocycles. The van der Waals surface area contributed by atoms with Crippen LogP contribution in [0.25, 0.3) is 0 Å². The van der Waals surface area contributed by atoms with Crippen molar-refractivity contribution in [2.45, 2.75) is 31.2 Å². The molecule has 5 nitrogen and oxygen atoms in total. The molecule has 0 amide bonds. The van der Waals surface area contributed by atoms with Gasteiger partial charge in [-0.15, -0.1) is 0 Å². The first-order chi connectivity index (χ1) is 9.68. The van der Waals surface area contributed by atoms with Crippen molar-refractivity contribution >= 4 is 17.7 Å². The van der Waals surface area contributed by atoms with Crippen molar-refractivity contribution in [3.8, 4) is 17.2 Å². The lowest BCUT2D eigenvalue weighted by Crippen LogP contribution is -2.32. The third kappa shape index (κ3) is 1.94. The van der Waals surface area contributed by atoms with Crippen molar-refractivity contribution < 1.29 is 19.4 Å². The summed E-state index contributed by atoms with van der Waals surface area (Å²) in [5, 5.41) is 10.5. The van der Waals surface area contributed by atoms with E-state index in [1.165, 1.54) is 6.07 Å². The summed E-state index contributed by atoms with van der Waals surface area (Å²) in [5.41, 5.74) is -0.328. The van der Waals surface area contributed by atoms with E-state index >= 15 is 0 Å². The van der Waals surface area contributed by atoms with Gasteiger partial charge in [-0.2, -0.15) is 4.99 Å². The molecule has 1 heterocycles. The lowest BCUT2D eigenvalue weighted by Gasteiger charge is -2.38. The lowest BCUT2D eigenvalue weighted by atomic mass is 9.71. The zero-order valence-corrected chi connectivity index (χ0v) is 11.6. The summed E-state index contributed by atoms with van der Waals surface area (Å²) in [6.45, 7) is 1.01.